The third-order valence-electron chi connectivity index (χ3n) is 3.45. The molecule has 0 aromatic heterocycles. The van der Waals surface area contributed by atoms with E-state index < -0.39 is 17.9 Å². The Labute approximate surface area is 131 Å². The zero-order chi connectivity index (χ0) is 16.2. The molecule has 2 atom stereocenters. The summed E-state index contributed by atoms with van der Waals surface area (Å²) in [6, 6.07) is 9.74. The van der Waals surface area contributed by atoms with Crippen molar-refractivity contribution in [2.75, 3.05) is 13.1 Å². The molecule has 0 radical (unpaired) electrons. The lowest BCUT2D eigenvalue weighted by Gasteiger charge is -2.35. The van der Waals surface area contributed by atoms with Gasteiger partial charge in [-0.15, -0.1) is 0 Å². The Bertz CT molecular complexity index is 487. The van der Waals surface area contributed by atoms with E-state index in [4.69, 9.17) is 4.74 Å². The summed E-state index contributed by atoms with van der Waals surface area (Å²) >= 11 is 0. The van der Waals surface area contributed by atoms with Crippen molar-refractivity contribution >= 4 is 6.09 Å². The largest absolute Gasteiger partial charge is 0.444 e. The second-order valence-corrected chi connectivity index (χ2v) is 6.86. The van der Waals surface area contributed by atoms with E-state index in [0.717, 1.165) is 5.56 Å². The van der Waals surface area contributed by atoms with Gasteiger partial charge in [-0.2, -0.15) is 0 Å². The molecule has 22 heavy (non-hydrogen) atoms. The summed E-state index contributed by atoms with van der Waals surface area (Å²) in [7, 11) is 0. The maximum atomic E-state index is 13.9. The van der Waals surface area contributed by atoms with Crippen LogP contribution in [0.3, 0.4) is 0 Å². The van der Waals surface area contributed by atoms with Crippen LogP contribution in [0.5, 0.6) is 0 Å². The molecule has 1 saturated heterocycles. The van der Waals surface area contributed by atoms with Crippen molar-refractivity contribution in [3.05, 3.63) is 35.9 Å². The van der Waals surface area contributed by atoms with Gasteiger partial charge in [-0.1, -0.05) is 30.3 Å². The first-order valence-corrected chi connectivity index (χ1v) is 7.72. The molecular formula is C17H25FN2O2. The summed E-state index contributed by atoms with van der Waals surface area (Å²) in [5.41, 5.74) is 0.602. The van der Waals surface area contributed by atoms with E-state index in [0.29, 0.717) is 26.1 Å². The maximum absolute atomic E-state index is 13.9. The fraction of sp³-hybridized carbons (Fsp3) is 0.588. The van der Waals surface area contributed by atoms with Gasteiger partial charge in [0.05, 0.1) is 0 Å². The van der Waals surface area contributed by atoms with Crippen LogP contribution in [-0.4, -0.2) is 41.9 Å². The van der Waals surface area contributed by atoms with E-state index in [9.17, 15) is 9.18 Å². The van der Waals surface area contributed by atoms with Crippen LogP contribution < -0.4 is 5.32 Å². The summed E-state index contributed by atoms with van der Waals surface area (Å²) in [5.74, 6) is 0. The number of alkyl halides is 1. The maximum Gasteiger partial charge on any atom is 0.407 e. The lowest BCUT2D eigenvalue weighted by molar-refractivity contribution is 0.0425. The zero-order valence-electron chi connectivity index (χ0n) is 13.5. The van der Waals surface area contributed by atoms with Crippen LogP contribution in [0.4, 0.5) is 9.18 Å². The Hall–Kier alpha value is -1.62. The molecule has 1 aromatic rings. The number of nitrogens with zero attached hydrogens (tertiary/aromatic N) is 1. The number of nitrogens with one attached hydrogen (secondary N) is 1. The molecule has 1 aliphatic rings. The van der Waals surface area contributed by atoms with E-state index in [1.807, 2.05) is 56.0 Å². The molecule has 1 aliphatic heterocycles. The predicted molar refractivity (Wildman–Crippen MR) is 84.4 cm³/mol. The number of alkyl carbamates (subject to hydrolysis) is 1. The van der Waals surface area contributed by atoms with Crippen molar-refractivity contribution in [3.63, 3.8) is 0 Å². The highest BCUT2D eigenvalue weighted by atomic mass is 19.1. The van der Waals surface area contributed by atoms with Gasteiger partial charge in [0.25, 0.3) is 0 Å². The van der Waals surface area contributed by atoms with Gasteiger partial charge in [-0.05, 0) is 26.3 Å². The van der Waals surface area contributed by atoms with E-state index in [1.165, 1.54) is 0 Å². The van der Waals surface area contributed by atoms with Crippen LogP contribution in [0.1, 0.15) is 32.8 Å². The number of halogens is 1. The standard InChI is InChI=1S/C17H25FN2O2/c1-17(2,3)22-16(21)19-15-9-14(18)11-20(12-15)10-13-7-5-4-6-8-13/h4-8,14-15H,9-12H2,1-3H3,(H,19,21). The molecule has 2 rings (SSSR count). The molecule has 0 aliphatic carbocycles. The Morgan fingerprint density at radius 2 is 2.00 bits per heavy atom. The van der Waals surface area contributed by atoms with Gasteiger partial charge < -0.3 is 10.1 Å². The number of hydrogen-bond acceptors (Lipinski definition) is 3. The lowest BCUT2D eigenvalue weighted by Crippen LogP contribution is -2.52. The topological polar surface area (TPSA) is 41.6 Å². The van der Waals surface area contributed by atoms with Crippen LogP contribution in [0.2, 0.25) is 0 Å². The molecule has 2 unspecified atom stereocenters. The third-order valence-corrected chi connectivity index (χ3v) is 3.45. The number of benzene rings is 1. The molecule has 1 N–H and O–H groups in total. The molecule has 1 aromatic carbocycles. The van der Waals surface area contributed by atoms with E-state index in [1.54, 1.807) is 0 Å². The summed E-state index contributed by atoms with van der Waals surface area (Å²) in [4.78, 5) is 13.9. The van der Waals surface area contributed by atoms with Gasteiger partial charge in [-0.3, -0.25) is 4.90 Å². The first kappa shape index (κ1) is 16.7. The van der Waals surface area contributed by atoms with Gasteiger partial charge in [-0.25, -0.2) is 9.18 Å². The second-order valence-electron chi connectivity index (χ2n) is 6.86. The molecule has 122 valence electrons. The number of hydrogen-bond donors (Lipinski definition) is 1. The molecule has 1 fully saturated rings. The Morgan fingerprint density at radius 3 is 2.64 bits per heavy atom. The number of carbonyl (C=O) groups excluding carboxylic acids is 1. The Kier molecular flexibility index (Phi) is 5.40. The Morgan fingerprint density at radius 1 is 1.32 bits per heavy atom. The minimum atomic E-state index is -0.933. The minimum absolute atomic E-state index is 0.220. The lowest BCUT2D eigenvalue weighted by atomic mass is 10.0. The second kappa shape index (κ2) is 7.09. The van der Waals surface area contributed by atoms with Gasteiger partial charge in [0.15, 0.2) is 0 Å². The molecule has 0 saturated carbocycles. The van der Waals surface area contributed by atoms with Gasteiger partial charge in [0.1, 0.15) is 11.8 Å². The molecule has 1 amide bonds. The Balaban J connectivity index is 1.89. The van der Waals surface area contributed by atoms with Crippen molar-refractivity contribution in [1.82, 2.24) is 10.2 Å². The number of carbonyl (C=O) groups is 1. The highest BCUT2D eigenvalue weighted by molar-refractivity contribution is 5.68. The van der Waals surface area contributed by atoms with E-state index >= 15 is 0 Å². The average Bonchev–Trinajstić information content (AvgIpc) is 2.36. The third kappa shape index (κ3) is 5.64. The van der Waals surface area contributed by atoms with Crippen LogP contribution in [0.15, 0.2) is 30.3 Å². The summed E-state index contributed by atoms with van der Waals surface area (Å²) in [6.45, 7) is 7.16. The van der Waals surface area contributed by atoms with Crippen molar-refractivity contribution < 1.29 is 13.9 Å². The predicted octanol–water partition coefficient (Wildman–Crippen LogP) is 3.12. The first-order valence-electron chi connectivity index (χ1n) is 7.72. The van der Waals surface area contributed by atoms with Crippen molar-refractivity contribution in [2.24, 2.45) is 0 Å². The average molecular weight is 308 g/mol. The number of likely N-dealkylation sites (tertiary alicyclic amines) is 1. The number of ether oxygens (including phenoxy) is 1. The number of piperidine rings is 1. The smallest absolute Gasteiger partial charge is 0.407 e. The molecule has 4 nitrogen and oxygen atoms in total. The first-order chi connectivity index (χ1) is 10.3. The monoisotopic (exact) mass is 308 g/mol. The van der Waals surface area contributed by atoms with Gasteiger partial charge >= 0.3 is 6.09 Å². The van der Waals surface area contributed by atoms with E-state index in [-0.39, 0.29) is 6.04 Å². The molecule has 1 heterocycles. The number of amides is 1. The number of rotatable bonds is 3. The van der Waals surface area contributed by atoms with E-state index in [2.05, 4.69) is 5.32 Å². The summed E-state index contributed by atoms with van der Waals surface area (Å²) in [6.07, 6.45) is -1.08. The van der Waals surface area contributed by atoms with Crippen molar-refractivity contribution in [3.8, 4) is 0 Å². The molecule has 0 bridgehead atoms. The van der Waals surface area contributed by atoms with Gasteiger partial charge in [0, 0.05) is 32.1 Å². The van der Waals surface area contributed by atoms with Crippen LogP contribution in [0, 0.1) is 0 Å². The van der Waals surface area contributed by atoms with Crippen molar-refractivity contribution in [2.45, 2.75) is 51.6 Å². The molecule has 5 heteroatoms. The zero-order valence-corrected chi connectivity index (χ0v) is 13.5. The quantitative estimate of drug-likeness (QED) is 0.933. The van der Waals surface area contributed by atoms with Crippen LogP contribution >= 0.6 is 0 Å². The van der Waals surface area contributed by atoms with Crippen molar-refractivity contribution in [1.29, 1.82) is 0 Å². The SMILES string of the molecule is CC(C)(C)OC(=O)NC1CC(F)CN(Cc2ccccc2)C1. The highest BCUT2D eigenvalue weighted by Crippen LogP contribution is 2.17. The van der Waals surface area contributed by atoms with Crippen LogP contribution in [-0.2, 0) is 11.3 Å². The molecular weight excluding hydrogens is 283 g/mol. The summed E-state index contributed by atoms with van der Waals surface area (Å²) in [5, 5.41) is 2.78. The highest BCUT2D eigenvalue weighted by Gasteiger charge is 2.29. The fourth-order valence-corrected chi connectivity index (χ4v) is 2.67. The minimum Gasteiger partial charge on any atom is -0.444 e. The normalized spacial score (nSPS) is 23.1. The molecule has 0 spiro atoms. The van der Waals surface area contributed by atoms with Crippen LogP contribution in [0.25, 0.3) is 0 Å². The summed E-state index contributed by atoms with van der Waals surface area (Å²) < 4.78 is 19.2. The fourth-order valence-electron chi connectivity index (χ4n) is 2.67. The van der Waals surface area contributed by atoms with Gasteiger partial charge in [0.2, 0.25) is 0 Å².